The minimum absolute atomic E-state index is 0.154. The Morgan fingerprint density at radius 1 is 0.900 bits per heavy atom. The first-order valence-electron chi connectivity index (χ1n) is 6.26. The van der Waals surface area contributed by atoms with Gasteiger partial charge in [0.2, 0.25) is 0 Å². The van der Waals surface area contributed by atoms with Gasteiger partial charge in [-0.25, -0.2) is 0 Å². The Kier molecular flexibility index (Phi) is 2.79. The number of hydrogen-bond acceptors (Lipinski definition) is 4. The van der Waals surface area contributed by atoms with E-state index in [2.05, 4.69) is 5.32 Å². The maximum absolute atomic E-state index is 12.7. The van der Waals surface area contributed by atoms with Gasteiger partial charge in [0.05, 0.1) is 18.2 Å². The molecule has 0 fully saturated rings. The molecule has 4 heteroatoms. The highest BCUT2D eigenvalue weighted by Crippen LogP contribution is 2.35. The van der Waals surface area contributed by atoms with Crippen molar-refractivity contribution in [2.45, 2.75) is 0 Å². The molecule has 0 saturated heterocycles. The lowest BCUT2D eigenvalue weighted by Crippen LogP contribution is -2.22. The number of fused-ring (bicyclic) bond motifs is 2. The third kappa shape index (κ3) is 1.54. The Hall–Kier alpha value is -2.62. The Balaban J connectivity index is 2.34. The number of rotatable bonds is 2. The zero-order valence-electron chi connectivity index (χ0n) is 11.2. The van der Waals surface area contributed by atoms with E-state index in [4.69, 9.17) is 4.74 Å². The Labute approximate surface area is 116 Å². The van der Waals surface area contributed by atoms with Gasteiger partial charge in [0.25, 0.3) is 0 Å². The van der Waals surface area contributed by atoms with Gasteiger partial charge in [-0.3, -0.25) is 9.59 Å². The number of nitrogens with one attached hydrogen (secondary N) is 1. The second-order valence-electron chi connectivity index (χ2n) is 4.52. The zero-order chi connectivity index (χ0) is 14.3. The predicted molar refractivity (Wildman–Crippen MR) is 75.8 cm³/mol. The van der Waals surface area contributed by atoms with Crippen LogP contribution in [0.15, 0.2) is 36.4 Å². The van der Waals surface area contributed by atoms with Crippen molar-refractivity contribution in [1.82, 2.24) is 0 Å². The quantitative estimate of drug-likeness (QED) is 0.775. The number of benzene rings is 2. The van der Waals surface area contributed by atoms with Gasteiger partial charge < -0.3 is 10.1 Å². The van der Waals surface area contributed by atoms with Crippen LogP contribution >= 0.6 is 0 Å². The molecule has 0 atom stereocenters. The van der Waals surface area contributed by atoms with Crippen molar-refractivity contribution in [3.63, 3.8) is 0 Å². The molecule has 3 rings (SSSR count). The minimum atomic E-state index is -0.177. The molecule has 1 aliphatic carbocycles. The van der Waals surface area contributed by atoms with Gasteiger partial charge in [-0.2, -0.15) is 0 Å². The van der Waals surface area contributed by atoms with Crippen molar-refractivity contribution >= 4 is 17.3 Å². The topological polar surface area (TPSA) is 55.4 Å². The summed E-state index contributed by atoms with van der Waals surface area (Å²) in [5, 5.41) is 2.96. The second-order valence-corrected chi connectivity index (χ2v) is 4.52. The molecule has 0 aliphatic heterocycles. The summed E-state index contributed by atoms with van der Waals surface area (Å²) in [6.45, 7) is 0. The van der Waals surface area contributed by atoms with E-state index >= 15 is 0 Å². The van der Waals surface area contributed by atoms with E-state index in [9.17, 15) is 9.59 Å². The molecule has 0 amide bonds. The first-order valence-corrected chi connectivity index (χ1v) is 6.26. The standard InChI is InChI=1S/C16H13NO3/c1-17-11-7-3-5-9-13(11)15(18)10-6-4-8-12(20-2)14(10)16(9)19/h3-8,17H,1-2H3. The Bertz CT molecular complexity index is 671. The molecule has 0 bridgehead atoms. The van der Waals surface area contributed by atoms with Gasteiger partial charge in [-0.15, -0.1) is 0 Å². The van der Waals surface area contributed by atoms with Crippen LogP contribution in [0, 0.1) is 0 Å². The summed E-state index contributed by atoms with van der Waals surface area (Å²) >= 11 is 0. The fourth-order valence-electron chi connectivity index (χ4n) is 2.59. The fraction of sp³-hybridized carbons (Fsp3) is 0.125. The Morgan fingerprint density at radius 2 is 1.50 bits per heavy atom. The summed E-state index contributed by atoms with van der Waals surface area (Å²) in [4.78, 5) is 25.3. The molecule has 0 radical (unpaired) electrons. The molecular formula is C16H13NO3. The average Bonchev–Trinajstić information content (AvgIpc) is 2.50. The van der Waals surface area contributed by atoms with Crippen LogP contribution in [0.3, 0.4) is 0 Å². The van der Waals surface area contributed by atoms with E-state index in [1.807, 2.05) is 0 Å². The highest BCUT2D eigenvalue weighted by Gasteiger charge is 2.33. The third-order valence-electron chi connectivity index (χ3n) is 3.52. The highest BCUT2D eigenvalue weighted by atomic mass is 16.5. The van der Waals surface area contributed by atoms with Crippen molar-refractivity contribution in [3.05, 3.63) is 58.7 Å². The van der Waals surface area contributed by atoms with Crippen LogP contribution < -0.4 is 10.1 Å². The fourth-order valence-corrected chi connectivity index (χ4v) is 2.59. The van der Waals surface area contributed by atoms with Gasteiger partial charge in [-0.1, -0.05) is 24.3 Å². The summed E-state index contributed by atoms with van der Waals surface area (Å²) in [7, 11) is 3.22. The van der Waals surface area contributed by atoms with Crippen LogP contribution in [0.1, 0.15) is 31.8 Å². The molecule has 0 heterocycles. The van der Waals surface area contributed by atoms with E-state index in [1.54, 1.807) is 43.4 Å². The van der Waals surface area contributed by atoms with Crippen molar-refractivity contribution < 1.29 is 14.3 Å². The third-order valence-corrected chi connectivity index (χ3v) is 3.52. The maximum atomic E-state index is 12.7. The van der Waals surface area contributed by atoms with Gasteiger partial charge in [0.15, 0.2) is 11.6 Å². The summed E-state index contributed by atoms with van der Waals surface area (Å²) in [6.07, 6.45) is 0. The lowest BCUT2D eigenvalue weighted by Gasteiger charge is -2.21. The average molecular weight is 267 g/mol. The monoisotopic (exact) mass is 267 g/mol. The van der Waals surface area contributed by atoms with Crippen LogP contribution in [-0.4, -0.2) is 25.7 Å². The molecule has 1 N–H and O–H groups in total. The van der Waals surface area contributed by atoms with Gasteiger partial charge in [-0.05, 0) is 12.1 Å². The molecular weight excluding hydrogens is 254 g/mol. The van der Waals surface area contributed by atoms with Gasteiger partial charge in [0.1, 0.15) is 5.75 Å². The SMILES string of the molecule is CNc1cccc2c1C(=O)c1cccc(OC)c1C2=O. The molecule has 20 heavy (non-hydrogen) atoms. The Morgan fingerprint density at radius 3 is 2.15 bits per heavy atom. The summed E-state index contributed by atoms with van der Waals surface area (Å²) in [5.74, 6) is 0.101. The van der Waals surface area contributed by atoms with Crippen LogP contribution in [0.5, 0.6) is 5.75 Å². The summed E-state index contributed by atoms with van der Waals surface area (Å²) < 4.78 is 5.21. The van der Waals surface area contributed by atoms with Crippen molar-refractivity contribution in [2.75, 3.05) is 19.5 Å². The largest absolute Gasteiger partial charge is 0.496 e. The molecule has 0 aromatic heterocycles. The molecule has 0 spiro atoms. The second kappa shape index (κ2) is 4.49. The number of hydrogen-bond donors (Lipinski definition) is 1. The highest BCUT2D eigenvalue weighted by molar-refractivity contribution is 6.31. The molecule has 2 aromatic rings. The summed E-state index contributed by atoms with van der Waals surface area (Å²) in [5.41, 5.74) is 2.25. The molecule has 0 saturated carbocycles. The number of ether oxygens (including phenoxy) is 1. The summed E-state index contributed by atoms with van der Waals surface area (Å²) in [6, 6.07) is 10.3. The van der Waals surface area contributed by atoms with Gasteiger partial charge in [0, 0.05) is 23.9 Å². The maximum Gasteiger partial charge on any atom is 0.198 e. The lowest BCUT2D eigenvalue weighted by atomic mass is 9.83. The molecule has 1 aliphatic rings. The van der Waals surface area contributed by atoms with Gasteiger partial charge >= 0.3 is 0 Å². The minimum Gasteiger partial charge on any atom is -0.496 e. The van der Waals surface area contributed by atoms with Crippen molar-refractivity contribution in [1.29, 1.82) is 0 Å². The van der Waals surface area contributed by atoms with E-state index in [0.717, 1.165) is 0 Å². The molecule has 100 valence electrons. The van der Waals surface area contributed by atoms with E-state index in [1.165, 1.54) is 7.11 Å². The molecule has 4 nitrogen and oxygen atoms in total. The predicted octanol–water partition coefficient (Wildman–Crippen LogP) is 2.51. The van der Waals surface area contributed by atoms with Crippen LogP contribution in [0.2, 0.25) is 0 Å². The molecule has 0 unspecified atom stereocenters. The number of ketones is 2. The van der Waals surface area contributed by atoms with Crippen molar-refractivity contribution in [3.8, 4) is 5.75 Å². The molecule has 2 aromatic carbocycles. The smallest absolute Gasteiger partial charge is 0.198 e. The van der Waals surface area contributed by atoms with E-state index < -0.39 is 0 Å². The number of carbonyl (C=O) groups excluding carboxylic acids is 2. The van der Waals surface area contributed by atoms with Crippen molar-refractivity contribution in [2.24, 2.45) is 0 Å². The van der Waals surface area contributed by atoms with E-state index in [-0.39, 0.29) is 11.6 Å². The van der Waals surface area contributed by atoms with Crippen LogP contribution in [-0.2, 0) is 0 Å². The zero-order valence-corrected chi connectivity index (χ0v) is 11.2. The first-order chi connectivity index (χ1) is 9.69. The van der Waals surface area contributed by atoms with E-state index in [0.29, 0.717) is 33.7 Å². The van der Waals surface area contributed by atoms with Crippen LogP contribution in [0.25, 0.3) is 0 Å². The first kappa shape index (κ1) is 12.4. The lowest BCUT2D eigenvalue weighted by molar-refractivity contribution is 0.0977. The normalized spacial score (nSPS) is 12.7. The number of anilines is 1. The van der Waals surface area contributed by atoms with Crippen LogP contribution in [0.4, 0.5) is 5.69 Å². The number of carbonyl (C=O) groups is 2. The number of methoxy groups -OCH3 is 1.